The number of benzene rings is 1. The number of aryl methyl sites for hydroxylation is 1. The van der Waals surface area contributed by atoms with Gasteiger partial charge in [-0.2, -0.15) is 5.26 Å². The van der Waals surface area contributed by atoms with E-state index in [-0.39, 0.29) is 28.4 Å². The predicted octanol–water partition coefficient (Wildman–Crippen LogP) is 3.79. The van der Waals surface area contributed by atoms with Crippen LogP contribution in [0.5, 0.6) is 0 Å². The SMILES string of the molecule is CO[C@@H]1CC[C@H]1Nc1cc(=O)n(C)c2ccc(Nc3ccnc(Cl)c3C#N)cc12. The zero-order valence-electron chi connectivity index (χ0n) is 16.1. The molecule has 0 unspecified atom stereocenters. The third-order valence-electron chi connectivity index (χ3n) is 5.40. The molecule has 7 nitrogen and oxygen atoms in total. The van der Waals surface area contributed by atoms with Crippen LogP contribution in [0, 0.1) is 11.3 Å². The number of halogens is 1. The monoisotopic (exact) mass is 409 g/mol. The lowest BCUT2D eigenvalue weighted by molar-refractivity contribution is 0.0287. The second-order valence-corrected chi connectivity index (χ2v) is 7.41. The second-order valence-electron chi connectivity index (χ2n) is 7.05. The van der Waals surface area contributed by atoms with Crippen molar-refractivity contribution in [3.05, 3.63) is 57.6 Å². The molecule has 2 heterocycles. The van der Waals surface area contributed by atoms with Crippen molar-refractivity contribution < 1.29 is 4.74 Å². The number of aromatic nitrogens is 2. The number of hydrogen-bond donors (Lipinski definition) is 2. The number of rotatable bonds is 5. The molecule has 0 aliphatic heterocycles. The van der Waals surface area contributed by atoms with E-state index in [2.05, 4.69) is 21.7 Å². The lowest BCUT2D eigenvalue weighted by Crippen LogP contribution is -2.44. The Balaban J connectivity index is 1.76. The van der Waals surface area contributed by atoms with Gasteiger partial charge in [-0.1, -0.05) is 11.6 Å². The first-order valence-electron chi connectivity index (χ1n) is 9.26. The summed E-state index contributed by atoms with van der Waals surface area (Å²) in [6.45, 7) is 0. The van der Waals surface area contributed by atoms with Crippen molar-refractivity contribution in [2.45, 2.75) is 25.0 Å². The molecule has 8 heteroatoms. The summed E-state index contributed by atoms with van der Waals surface area (Å²) < 4.78 is 7.08. The molecule has 0 bridgehead atoms. The zero-order chi connectivity index (χ0) is 20.5. The van der Waals surface area contributed by atoms with E-state index in [4.69, 9.17) is 16.3 Å². The highest BCUT2D eigenvalue weighted by molar-refractivity contribution is 6.31. The van der Waals surface area contributed by atoms with Gasteiger partial charge in [0.15, 0.2) is 0 Å². The van der Waals surface area contributed by atoms with Crippen molar-refractivity contribution in [2.24, 2.45) is 7.05 Å². The summed E-state index contributed by atoms with van der Waals surface area (Å²) >= 11 is 6.03. The molecule has 1 aliphatic rings. The van der Waals surface area contributed by atoms with Crippen molar-refractivity contribution in [3.8, 4) is 6.07 Å². The van der Waals surface area contributed by atoms with Crippen LogP contribution in [0.15, 0.2) is 41.3 Å². The first kappa shape index (κ1) is 19.2. The molecule has 1 saturated carbocycles. The Labute approximate surface area is 172 Å². The van der Waals surface area contributed by atoms with Gasteiger partial charge in [-0.05, 0) is 37.1 Å². The van der Waals surface area contributed by atoms with Gasteiger partial charge in [-0.3, -0.25) is 4.79 Å². The molecule has 0 radical (unpaired) electrons. The Hall–Kier alpha value is -3.08. The van der Waals surface area contributed by atoms with Gasteiger partial charge in [0.2, 0.25) is 0 Å². The summed E-state index contributed by atoms with van der Waals surface area (Å²) in [5.74, 6) is 0. The maximum atomic E-state index is 12.4. The fourth-order valence-corrected chi connectivity index (χ4v) is 3.78. The van der Waals surface area contributed by atoms with Crippen molar-refractivity contribution >= 4 is 39.6 Å². The van der Waals surface area contributed by atoms with Crippen molar-refractivity contribution in [1.82, 2.24) is 9.55 Å². The lowest BCUT2D eigenvalue weighted by Gasteiger charge is -2.36. The predicted molar refractivity (Wildman–Crippen MR) is 114 cm³/mol. The van der Waals surface area contributed by atoms with E-state index in [0.717, 1.165) is 35.1 Å². The van der Waals surface area contributed by atoms with Crippen LogP contribution in [0.1, 0.15) is 18.4 Å². The first-order valence-corrected chi connectivity index (χ1v) is 9.64. The molecule has 0 saturated heterocycles. The van der Waals surface area contributed by atoms with Gasteiger partial charge in [0.25, 0.3) is 5.56 Å². The molecule has 0 amide bonds. The van der Waals surface area contributed by atoms with E-state index in [9.17, 15) is 10.1 Å². The number of nitrogens with one attached hydrogen (secondary N) is 2. The minimum Gasteiger partial charge on any atom is -0.379 e. The molecule has 29 heavy (non-hydrogen) atoms. The molecule has 3 aromatic rings. The van der Waals surface area contributed by atoms with Gasteiger partial charge in [0.05, 0.1) is 23.3 Å². The lowest BCUT2D eigenvalue weighted by atomic mass is 9.88. The maximum Gasteiger partial charge on any atom is 0.252 e. The van der Waals surface area contributed by atoms with E-state index < -0.39 is 0 Å². The fourth-order valence-electron chi connectivity index (χ4n) is 3.58. The van der Waals surface area contributed by atoms with Crippen LogP contribution in [0.25, 0.3) is 10.9 Å². The molecule has 2 aromatic heterocycles. The molecule has 2 atom stereocenters. The molecule has 1 fully saturated rings. The minimum absolute atomic E-state index is 0.0818. The van der Waals surface area contributed by atoms with E-state index in [1.807, 2.05) is 18.2 Å². The zero-order valence-corrected chi connectivity index (χ0v) is 16.8. The number of ether oxygens (including phenoxy) is 1. The number of fused-ring (bicyclic) bond motifs is 1. The Kier molecular flexibility index (Phi) is 5.14. The van der Waals surface area contributed by atoms with Crippen molar-refractivity contribution in [2.75, 3.05) is 17.7 Å². The minimum atomic E-state index is -0.0818. The largest absolute Gasteiger partial charge is 0.379 e. The van der Waals surface area contributed by atoms with Gasteiger partial charge < -0.3 is 19.9 Å². The summed E-state index contributed by atoms with van der Waals surface area (Å²) in [6, 6.07) is 11.3. The van der Waals surface area contributed by atoms with Crippen LogP contribution in [0.3, 0.4) is 0 Å². The van der Waals surface area contributed by atoms with Crippen LogP contribution in [0.2, 0.25) is 5.15 Å². The average Bonchev–Trinajstić information content (AvgIpc) is 2.69. The highest BCUT2D eigenvalue weighted by atomic mass is 35.5. The highest BCUT2D eigenvalue weighted by Gasteiger charge is 2.31. The maximum absolute atomic E-state index is 12.4. The molecule has 0 spiro atoms. The van der Waals surface area contributed by atoms with Gasteiger partial charge in [0, 0.05) is 43.2 Å². The normalized spacial score (nSPS) is 18.1. The molecular formula is C21H20ClN5O2. The number of anilines is 3. The molecule has 148 valence electrons. The summed E-state index contributed by atoms with van der Waals surface area (Å²) in [5.41, 5.74) is 3.13. The topological polar surface area (TPSA) is 92.0 Å². The Morgan fingerprint density at radius 1 is 1.28 bits per heavy atom. The van der Waals surface area contributed by atoms with Gasteiger partial charge in [0.1, 0.15) is 16.8 Å². The average molecular weight is 410 g/mol. The van der Waals surface area contributed by atoms with E-state index in [1.54, 1.807) is 37.1 Å². The van der Waals surface area contributed by atoms with Crippen LogP contribution < -0.4 is 16.2 Å². The van der Waals surface area contributed by atoms with Gasteiger partial charge in [-0.15, -0.1) is 0 Å². The molecule has 1 aliphatic carbocycles. The third-order valence-corrected chi connectivity index (χ3v) is 5.68. The highest BCUT2D eigenvalue weighted by Crippen LogP contribution is 2.32. The number of pyridine rings is 2. The van der Waals surface area contributed by atoms with Crippen molar-refractivity contribution in [3.63, 3.8) is 0 Å². The van der Waals surface area contributed by atoms with Gasteiger partial charge >= 0.3 is 0 Å². The summed E-state index contributed by atoms with van der Waals surface area (Å²) in [6.07, 6.45) is 3.69. The smallest absolute Gasteiger partial charge is 0.252 e. The molecule has 1 aromatic carbocycles. The van der Waals surface area contributed by atoms with Crippen LogP contribution >= 0.6 is 11.6 Å². The molecule has 2 N–H and O–H groups in total. The number of nitriles is 1. The van der Waals surface area contributed by atoms with Crippen LogP contribution in [0.4, 0.5) is 17.1 Å². The van der Waals surface area contributed by atoms with Crippen LogP contribution in [-0.2, 0) is 11.8 Å². The summed E-state index contributed by atoms with van der Waals surface area (Å²) in [7, 11) is 3.45. The van der Waals surface area contributed by atoms with E-state index in [1.165, 1.54) is 0 Å². The summed E-state index contributed by atoms with van der Waals surface area (Å²) in [5, 5.41) is 17.1. The second kappa shape index (κ2) is 7.74. The Bertz CT molecular complexity index is 1180. The van der Waals surface area contributed by atoms with E-state index >= 15 is 0 Å². The first-order chi connectivity index (χ1) is 14.0. The Morgan fingerprint density at radius 2 is 2.10 bits per heavy atom. The van der Waals surface area contributed by atoms with Crippen molar-refractivity contribution in [1.29, 1.82) is 5.26 Å². The van der Waals surface area contributed by atoms with Gasteiger partial charge in [-0.25, -0.2) is 4.98 Å². The standard InChI is InChI=1S/C21H20ClN5O2/c1-27-18-5-3-12(25-15-7-8-24-21(22)14(15)11-23)9-13(18)17(10-20(27)28)26-16-4-6-19(16)29-2/h3,5,7-10,16,19,26H,4,6H2,1-2H3,(H,24,25)/t16-,19-/m1/s1. The quantitative estimate of drug-likeness (QED) is 0.623. The van der Waals surface area contributed by atoms with E-state index in [0.29, 0.717) is 5.69 Å². The Morgan fingerprint density at radius 3 is 2.79 bits per heavy atom. The molecular weight excluding hydrogens is 390 g/mol. The number of methoxy groups -OCH3 is 1. The fraction of sp³-hybridized carbons (Fsp3) is 0.286. The third kappa shape index (κ3) is 3.53. The number of nitrogens with zero attached hydrogens (tertiary/aromatic N) is 3. The number of hydrogen-bond acceptors (Lipinski definition) is 6. The summed E-state index contributed by atoms with van der Waals surface area (Å²) in [4.78, 5) is 16.4. The van der Waals surface area contributed by atoms with Crippen LogP contribution in [-0.4, -0.2) is 28.8 Å². The molecule has 4 rings (SSSR count).